The fourth-order valence-corrected chi connectivity index (χ4v) is 6.15. The molecule has 0 saturated heterocycles. The van der Waals surface area contributed by atoms with E-state index >= 15 is 0 Å². The van der Waals surface area contributed by atoms with Gasteiger partial charge in [-0.25, -0.2) is 9.97 Å². The van der Waals surface area contributed by atoms with E-state index in [0.29, 0.717) is 5.82 Å². The van der Waals surface area contributed by atoms with E-state index in [2.05, 4.69) is 182 Å². The van der Waals surface area contributed by atoms with Gasteiger partial charge in [-0.1, -0.05) is 170 Å². The maximum Gasteiger partial charge on any atom is 0.160 e. The van der Waals surface area contributed by atoms with E-state index in [4.69, 9.17) is 9.97 Å². The third-order valence-electron chi connectivity index (χ3n) is 8.71. The molecule has 2 nitrogen and oxygen atoms in total. The summed E-state index contributed by atoms with van der Waals surface area (Å²) in [5.74, 6) is 0.695. The lowest BCUT2D eigenvalue weighted by molar-refractivity contribution is 1.18. The monoisotopic (exact) mass is 612 g/mol. The highest BCUT2D eigenvalue weighted by Crippen LogP contribution is 2.35. The minimum atomic E-state index is 0.695. The number of rotatable bonds is 7. The maximum atomic E-state index is 5.17. The minimum Gasteiger partial charge on any atom is -0.228 e. The third kappa shape index (κ3) is 6.20. The van der Waals surface area contributed by atoms with Gasteiger partial charge >= 0.3 is 0 Å². The van der Waals surface area contributed by atoms with Crippen LogP contribution in [-0.4, -0.2) is 9.97 Å². The fraction of sp³-hybridized carbons (Fsp3) is 0. The van der Waals surface area contributed by atoms with Gasteiger partial charge < -0.3 is 0 Å². The summed E-state index contributed by atoms with van der Waals surface area (Å²) in [6.07, 6.45) is 0. The summed E-state index contributed by atoms with van der Waals surface area (Å²) in [6, 6.07) is 68.1. The molecule has 0 radical (unpaired) electrons. The van der Waals surface area contributed by atoms with Crippen LogP contribution in [0.25, 0.3) is 78.4 Å². The van der Waals surface area contributed by atoms with E-state index in [1.54, 1.807) is 0 Å². The number of aromatic nitrogens is 2. The van der Waals surface area contributed by atoms with Gasteiger partial charge in [0.05, 0.1) is 11.4 Å². The van der Waals surface area contributed by atoms with Crippen molar-refractivity contribution in [3.63, 3.8) is 0 Å². The minimum absolute atomic E-state index is 0.695. The van der Waals surface area contributed by atoms with Crippen molar-refractivity contribution >= 4 is 0 Å². The summed E-state index contributed by atoms with van der Waals surface area (Å²) in [5.41, 5.74) is 14.2. The van der Waals surface area contributed by atoms with E-state index in [9.17, 15) is 0 Å². The van der Waals surface area contributed by atoms with Crippen molar-refractivity contribution in [2.75, 3.05) is 0 Å². The zero-order valence-electron chi connectivity index (χ0n) is 26.4. The topological polar surface area (TPSA) is 25.8 Å². The quantitative estimate of drug-likeness (QED) is 0.179. The van der Waals surface area contributed by atoms with E-state index in [-0.39, 0.29) is 0 Å². The Kier molecular flexibility index (Phi) is 7.96. The normalized spacial score (nSPS) is 10.9. The van der Waals surface area contributed by atoms with Crippen LogP contribution in [0.5, 0.6) is 0 Å². The molecule has 0 spiro atoms. The third-order valence-corrected chi connectivity index (χ3v) is 8.71. The molecule has 0 bridgehead atoms. The average Bonchev–Trinajstić information content (AvgIpc) is 3.19. The second-order valence-electron chi connectivity index (χ2n) is 11.9. The first-order valence-electron chi connectivity index (χ1n) is 16.2. The molecule has 0 atom stereocenters. The Balaban J connectivity index is 1.28. The summed E-state index contributed by atoms with van der Waals surface area (Å²) in [7, 11) is 0. The SMILES string of the molecule is c1ccc(-c2ccc(-c3cc(-c4ccc(-c5ccccc5)cc4)cc(-c4nc(-c5ccccc5)cc(-c5ccccc5)n4)c3)cc2)cc1. The van der Waals surface area contributed by atoms with Crippen molar-refractivity contribution in [2.45, 2.75) is 0 Å². The molecule has 8 rings (SSSR count). The lowest BCUT2D eigenvalue weighted by atomic mass is 9.93. The molecule has 8 aromatic rings. The standard InChI is InChI=1S/C46H32N2/c1-5-13-33(14-6-1)35-21-25-37(26-22-35)41-29-42(38-27-23-36(24-28-38)34-15-7-2-8-16-34)31-43(30-41)46-47-44(39-17-9-3-10-18-39)32-45(48-46)40-19-11-4-12-20-40/h1-32H. The van der Waals surface area contributed by atoms with Crippen LogP contribution < -0.4 is 0 Å². The predicted molar refractivity (Wildman–Crippen MR) is 200 cm³/mol. The highest BCUT2D eigenvalue weighted by molar-refractivity contribution is 5.82. The number of nitrogens with zero attached hydrogens (tertiary/aromatic N) is 2. The Morgan fingerprint density at radius 1 is 0.208 bits per heavy atom. The molecule has 226 valence electrons. The van der Waals surface area contributed by atoms with Gasteiger partial charge in [0.1, 0.15) is 0 Å². The van der Waals surface area contributed by atoms with Crippen molar-refractivity contribution in [3.05, 3.63) is 194 Å². The molecule has 0 fully saturated rings. The molecular formula is C46H32N2. The molecule has 0 amide bonds. The molecule has 2 heteroatoms. The van der Waals surface area contributed by atoms with Crippen LogP contribution in [0.3, 0.4) is 0 Å². The molecule has 7 aromatic carbocycles. The van der Waals surface area contributed by atoms with E-state index in [1.165, 1.54) is 22.3 Å². The number of hydrogen-bond donors (Lipinski definition) is 0. The van der Waals surface area contributed by atoms with Gasteiger partial charge in [-0.2, -0.15) is 0 Å². The van der Waals surface area contributed by atoms with Crippen LogP contribution in [0.15, 0.2) is 194 Å². The first-order valence-corrected chi connectivity index (χ1v) is 16.2. The predicted octanol–water partition coefficient (Wildman–Crippen LogP) is 12.1. The van der Waals surface area contributed by atoms with E-state index in [1.807, 2.05) is 12.1 Å². The van der Waals surface area contributed by atoms with E-state index in [0.717, 1.165) is 50.3 Å². The molecular weight excluding hydrogens is 581 g/mol. The molecule has 1 aromatic heterocycles. The van der Waals surface area contributed by atoms with Crippen molar-refractivity contribution < 1.29 is 0 Å². The first kappa shape index (κ1) is 29.1. The van der Waals surface area contributed by atoms with Crippen LogP contribution in [0, 0.1) is 0 Å². The van der Waals surface area contributed by atoms with E-state index < -0.39 is 0 Å². The molecule has 0 N–H and O–H groups in total. The average molecular weight is 613 g/mol. The summed E-state index contributed by atoms with van der Waals surface area (Å²) in [5, 5.41) is 0. The Morgan fingerprint density at radius 3 is 0.833 bits per heavy atom. The van der Waals surface area contributed by atoms with Gasteiger partial charge in [0.15, 0.2) is 5.82 Å². The van der Waals surface area contributed by atoms with Gasteiger partial charge in [0.2, 0.25) is 0 Å². The van der Waals surface area contributed by atoms with Gasteiger partial charge in [0.25, 0.3) is 0 Å². The van der Waals surface area contributed by atoms with Crippen molar-refractivity contribution in [1.82, 2.24) is 9.97 Å². The second-order valence-corrected chi connectivity index (χ2v) is 11.9. The Hall–Kier alpha value is -6.38. The molecule has 48 heavy (non-hydrogen) atoms. The largest absolute Gasteiger partial charge is 0.228 e. The molecule has 0 aliphatic carbocycles. The first-order chi connectivity index (χ1) is 23.8. The zero-order valence-corrected chi connectivity index (χ0v) is 26.4. The van der Waals surface area contributed by atoms with Crippen LogP contribution in [0.4, 0.5) is 0 Å². The van der Waals surface area contributed by atoms with Crippen molar-refractivity contribution in [2.24, 2.45) is 0 Å². The highest BCUT2D eigenvalue weighted by Gasteiger charge is 2.14. The van der Waals surface area contributed by atoms with Crippen LogP contribution in [0.2, 0.25) is 0 Å². The summed E-state index contributed by atoms with van der Waals surface area (Å²) in [6.45, 7) is 0. The number of benzene rings is 7. The van der Waals surface area contributed by atoms with Gasteiger partial charge in [-0.15, -0.1) is 0 Å². The highest BCUT2D eigenvalue weighted by atomic mass is 14.9. The van der Waals surface area contributed by atoms with Crippen LogP contribution in [0.1, 0.15) is 0 Å². The smallest absolute Gasteiger partial charge is 0.160 e. The molecule has 0 aliphatic heterocycles. The fourth-order valence-electron chi connectivity index (χ4n) is 6.15. The number of hydrogen-bond acceptors (Lipinski definition) is 2. The van der Waals surface area contributed by atoms with Gasteiger partial charge in [0, 0.05) is 16.7 Å². The van der Waals surface area contributed by atoms with Crippen molar-refractivity contribution in [3.8, 4) is 78.4 Å². The summed E-state index contributed by atoms with van der Waals surface area (Å²) >= 11 is 0. The van der Waals surface area contributed by atoms with Crippen LogP contribution in [-0.2, 0) is 0 Å². The Morgan fingerprint density at radius 2 is 0.479 bits per heavy atom. The maximum absolute atomic E-state index is 5.17. The lowest BCUT2D eigenvalue weighted by Gasteiger charge is -2.14. The summed E-state index contributed by atoms with van der Waals surface area (Å²) in [4.78, 5) is 10.3. The second kappa shape index (κ2) is 13.2. The molecule has 0 saturated carbocycles. The molecule has 1 heterocycles. The Bertz CT molecular complexity index is 2120. The van der Waals surface area contributed by atoms with Gasteiger partial charge in [-0.05, 0) is 68.8 Å². The Labute approximate surface area is 281 Å². The van der Waals surface area contributed by atoms with Gasteiger partial charge in [-0.3, -0.25) is 0 Å². The summed E-state index contributed by atoms with van der Waals surface area (Å²) < 4.78 is 0. The zero-order chi connectivity index (χ0) is 32.1. The van der Waals surface area contributed by atoms with Crippen molar-refractivity contribution in [1.29, 1.82) is 0 Å². The molecule has 0 aliphatic rings. The lowest BCUT2D eigenvalue weighted by Crippen LogP contribution is -1.97. The van der Waals surface area contributed by atoms with Crippen LogP contribution >= 0.6 is 0 Å². The molecule has 0 unspecified atom stereocenters.